The van der Waals surface area contributed by atoms with Gasteiger partial charge < -0.3 is 5.11 Å². The van der Waals surface area contributed by atoms with Gasteiger partial charge in [-0.05, 0) is 0 Å². The van der Waals surface area contributed by atoms with Gasteiger partial charge in [0.05, 0.1) is 0 Å². The molecule has 0 spiro atoms. The first-order chi connectivity index (χ1) is 12.6. The summed E-state index contributed by atoms with van der Waals surface area (Å²) in [5.74, 6) is -29.1. The largest absolute Gasteiger partial charge is 0.477 e. The molecule has 1 N–H and O–H groups in total. The minimum Gasteiger partial charge on any atom is -0.477 e. The van der Waals surface area contributed by atoms with Gasteiger partial charge in [0, 0.05) is 0 Å². The molecule has 3 nitrogen and oxygen atoms in total. The summed E-state index contributed by atoms with van der Waals surface area (Å²) in [5.41, 5.74) is 0. The molecule has 0 amide bonds. The molecular weight excluding hydrogens is 515 g/mol. The van der Waals surface area contributed by atoms with E-state index in [4.69, 9.17) is 5.11 Å². The zero-order valence-electron chi connectivity index (χ0n) is 13.0. The number of carboxylic acids is 1. The predicted octanol–water partition coefficient (Wildman–Crippen LogP) is 5.33. The first kappa shape index (κ1) is 31.3. The summed E-state index contributed by atoms with van der Waals surface area (Å²) in [7, 11) is 0. The van der Waals surface area contributed by atoms with Gasteiger partial charge in [-0.3, -0.25) is 4.70 Å². The summed E-state index contributed by atoms with van der Waals surface area (Å²) >= 11 is 0. The highest BCUT2D eigenvalue weighted by molar-refractivity contribution is 5.76. The molecule has 0 aliphatic carbocycles. The normalized spacial score (nSPS) is 15.7. The topological polar surface area (TPSA) is 40.5 Å². The number of rotatable bonds is 7. The molecule has 0 saturated heterocycles. The molecule has 0 aliphatic heterocycles. The molecular formula is C9H2F19NO2. The fourth-order valence-electron chi connectivity index (χ4n) is 1.42. The third kappa shape index (κ3) is 4.25. The Kier molecular flexibility index (Phi) is 7.67. The van der Waals surface area contributed by atoms with E-state index >= 15 is 0 Å². The van der Waals surface area contributed by atoms with E-state index in [1.54, 1.807) is 0 Å². The predicted molar refractivity (Wildman–Crippen MR) is 53.8 cm³/mol. The average Bonchev–Trinajstić information content (AvgIpc) is 2.42. The van der Waals surface area contributed by atoms with E-state index in [9.17, 15) is 83.8 Å². The van der Waals surface area contributed by atoms with E-state index < -0.39 is 59.1 Å². The Morgan fingerprint density at radius 3 is 0.903 bits per heavy atom. The van der Waals surface area contributed by atoms with E-state index in [0.717, 1.165) is 0 Å². The molecule has 188 valence electrons. The van der Waals surface area contributed by atoms with Crippen molar-refractivity contribution in [2.75, 3.05) is 0 Å². The molecule has 0 bridgehead atoms. The second kappa shape index (κ2) is 7.60. The smallest absolute Gasteiger partial charge is 0.461 e. The minimum atomic E-state index is -8.72. The zero-order valence-corrected chi connectivity index (χ0v) is 13.0. The number of alkyl halides is 18. The van der Waals surface area contributed by atoms with Crippen LogP contribution >= 0.6 is 0 Å². The Morgan fingerprint density at radius 2 is 0.742 bits per heavy atom. The van der Waals surface area contributed by atoms with Gasteiger partial charge >= 0.3 is 54.2 Å². The quantitative estimate of drug-likeness (QED) is 0.367. The monoisotopic (exact) mass is 517 g/mol. The van der Waals surface area contributed by atoms with Gasteiger partial charge in [0.1, 0.15) is 0 Å². The average molecular weight is 517 g/mol. The lowest BCUT2D eigenvalue weighted by molar-refractivity contribution is -0.505. The first-order valence-corrected chi connectivity index (χ1v) is 6.00. The molecule has 0 rings (SSSR count). The van der Waals surface area contributed by atoms with E-state index in [0.29, 0.717) is 0 Å². The van der Waals surface area contributed by atoms with Crippen molar-refractivity contribution >= 4 is 5.97 Å². The molecule has 31 heavy (non-hydrogen) atoms. The van der Waals surface area contributed by atoms with Crippen molar-refractivity contribution in [2.45, 2.75) is 48.3 Å². The van der Waals surface area contributed by atoms with Crippen LogP contribution < -0.4 is 0 Å². The van der Waals surface area contributed by atoms with Gasteiger partial charge in [-0.15, -0.1) is 4.90 Å². The van der Waals surface area contributed by atoms with Crippen LogP contribution in [0.4, 0.5) is 83.7 Å². The van der Waals surface area contributed by atoms with E-state index in [-0.39, 0.29) is 4.70 Å². The molecule has 0 atom stereocenters. The molecule has 0 aliphatic rings. The molecule has 0 unspecified atom stereocenters. The number of hydrogen-bond donors (Lipinski definition) is 1. The Bertz CT molecular complexity index is 622. The van der Waals surface area contributed by atoms with Crippen LogP contribution in [0, 0.1) is 0 Å². The van der Waals surface area contributed by atoms with Crippen molar-refractivity contribution in [3.8, 4) is 0 Å². The van der Waals surface area contributed by atoms with E-state index in [1.165, 1.54) is 0 Å². The third-order valence-electron chi connectivity index (χ3n) is 2.96. The number of halogens is 19. The zero-order chi connectivity index (χ0) is 25.2. The van der Waals surface area contributed by atoms with E-state index in [2.05, 4.69) is 0 Å². The van der Waals surface area contributed by atoms with Gasteiger partial charge in [-0.1, -0.05) is 0 Å². The Balaban J connectivity index is 0. The van der Waals surface area contributed by atoms with Crippen LogP contribution in [-0.4, -0.2) is 64.2 Å². The summed E-state index contributed by atoms with van der Waals surface area (Å²) in [6.45, 7) is 0. The maximum Gasteiger partial charge on any atom is 0.461 e. The lowest BCUT2D eigenvalue weighted by Crippen LogP contribution is -2.78. The van der Waals surface area contributed by atoms with Crippen LogP contribution in [0.2, 0.25) is 0 Å². The fourth-order valence-corrected chi connectivity index (χ4v) is 1.42. The SMILES string of the molecule is F.O=C(O)C(F)(F)C(F)(F)N(C(F)(F)C(F)(F)C(F)(F)F)C(F)(F)C(F)(F)C(F)(F)F. The third-order valence-corrected chi connectivity index (χ3v) is 2.96. The van der Waals surface area contributed by atoms with Gasteiger partial charge in [0.15, 0.2) is 0 Å². The number of nitrogens with zero attached hydrogens (tertiary/aromatic N) is 1. The van der Waals surface area contributed by atoms with Crippen molar-refractivity contribution in [3.63, 3.8) is 0 Å². The standard InChI is InChI=1S/C9HF18NO2.FH/c10-2(11,1(29)30)7(22,23)28(8(24,25)3(12,13)5(16,17)18)9(26,27)4(14,15)6(19,20)21;/h(H,29,30);1H. The van der Waals surface area contributed by atoms with Crippen molar-refractivity contribution < 1.29 is 93.6 Å². The maximum atomic E-state index is 13.4. The Hall–Kier alpha value is -1.90. The van der Waals surface area contributed by atoms with Crippen molar-refractivity contribution in [3.05, 3.63) is 0 Å². The lowest BCUT2D eigenvalue weighted by Gasteiger charge is -2.46. The Morgan fingerprint density at radius 1 is 0.516 bits per heavy atom. The van der Waals surface area contributed by atoms with Gasteiger partial charge in [0.25, 0.3) is 0 Å². The van der Waals surface area contributed by atoms with Crippen LogP contribution in [0.1, 0.15) is 0 Å². The van der Waals surface area contributed by atoms with Crippen molar-refractivity contribution in [2.24, 2.45) is 0 Å². The van der Waals surface area contributed by atoms with Crippen LogP contribution in [-0.2, 0) is 4.79 Å². The second-order valence-electron chi connectivity index (χ2n) is 4.98. The van der Waals surface area contributed by atoms with Crippen LogP contribution in [0.25, 0.3) is 0 Å². The second-order valence-corrected chi connectivity index (χ2v) is 4.98. The molecule has 0 aromatic carbocycles. The molecule has 0 aromatic rings. The minimum absolute atomic E-state index is 0. The van der Waals surface area contributed by atoms with Crippen LogP contribution in [0.15, 0.2) is 0 Å². The highest BCUT2D eigenvalue weighted by Gasteiger charge is 2.90. The highest BCUT2D eigenvalue weighted by Crippen LogP contribution is 2.60. The van der Waals surface area contributed by atoms with E-state index in [1.807, 2.05) is 0 Å². The molecule has 0 radical (unpaired) electrons. The molecule has 0 heterocycles. The number of carbonyl (C=O) groups is 1. The van der Waals surface area contributed by atoms with Crippen LogP contribution in [0.5, 0.6) is 0 Å². The molecule has 0 fully saturated rings. The summed E-state index contributed by atoms with van der Waals surface area (Å²) in [4.78, 5) is 4.83. The molecule has 0 aromatic heterocycles. The summed E-state index contributed by atoms with van der Waals surface area (Å²) in [5, 5.41) is 7.72. The van der Waals surface area contributed by atoms with Crippen molar-refractivity contribution in [1.82, 2.24) is 4.90 Å². The number of carboxylic acid groups (broad SMARTS) is 1. The van der Waals surface area contributed by atoms with Crippen molar-refractivity contribution in [1.29, 1.82) is 0 Å². The number of aliphatic carboxylic acids is 1. The highest BCUT2D eigenvalue weighted by atomic mass is 19.4. The summed E-state index contributed by atoms with van der Waals surface area (Å²) in [6.07, 6.45) is -16.0. The first-order valence-electron chi connectivity index (χ1n) is 6.00. The Labute approximate surface area is 154 Å². The van der Waals surface area contributed by atoms with Gasteiger partial charge in [-0.2, -0.15) is 79.0 Å². The van der Waals surface area contributed by atoms with Gasteiger partial charge in [-0.25, -0.2) is 4.79 Å². The fraction of sp³-hybridized carbons (Fsp3) is 0.889. The molecule has 22 heteroatoms. The lowest BCUT2D eigenvalue weighted by atomic mass is 10.1. The van der Waals surface area contributed by atoms with Gasteiger partial charge in [0.2, 0.25) is 0 Å². The number of hydrogen-bond acceptors (Lipinski definition) is 2. The molecule has 0 saturated carbocycles. The summed E-state index contributed by atoms with van der Waals surface area (Å²) in [6, 6.07) is -25.8. The summed E-state index contributed by atoms with van der Waals surface area (Å²) < 4.78 is 229. The maximum absolute atomic E-state index is 13.4. The van der Waals surface area contributed by atoms with Crippen LogP contribution in [0.3, 0.4) is 0 Å².